The second kappa shape index (κ2) is 6.66. The van der Waals surface area contributed by atoms with Crippen LogP contribution in [0.1, 0.15) is 54.1 Å². The molecule has 5 rings (SSSR count). The quantitative estimate of drug-likeness (QED) is 0.548. The van der Waals surface area contributed by atoms with Crippen LogP contribution in [-0.2, 0) is 5.41 Å². The minimum Gasteiger partial charge on any atom is -0.364 e. The second-order valence-electron chi connectivity index (χ2n) is 8.41. The molecule has 0 saturated carbocycles. The van der Waals surface area contributed by atoms with E-state index in [1.54, 1.807) is 18.5 Å². The van der Waals surface area contributed by atoms with Crippen molar-refractivity contribution in [3.8, 4) is 11.3 Å². The third-order valence-corrected chi connectivity index (χ3v) is 5.36. The van der Waals surface area contributed by atoms with Crippen molar-refractivity contribution >= 4 is 11.6 Å². The predicted octanol–water partition coefficient (Wildman–Crippen LogP) is 4.51. The van der Waals surface area contributed by atoms with Crippen molar-refractivity contribution in [3.05, 3.63) is 83.6 Å². The molecule has 3 aromatic heterocycles. The van der Waals surface area contributed by atoms with Crippen LogP contribution in [0, 0.1) is 0 Å². The molecule has 4 heterocycles. The summed E-state index contributed by atoms with van der Waals surface area (Å²) < 4.78 is 4.94. The number of amides is 1. The standard InChI is InChI=1S/C23H21N5O2/c1-23(2,3)21-18-19(25-26-21)22(29)28(20(18)15-5-4-11-24-13-15)16-8-6-14(7-9-16)17-10-12-30-27-17/h4-13,20H,1-3H3,(H,25,26). The van der Waals surface area contributed by atoms with Gasteiger partial charge in [0.25, 0.3) is 5.91 Å². The predicted molar refractivity (Wildman–Crippen MR) is 112 cm³/mol. The molecule has 1 N–H and O–H groups in total. The van der Waals surface area contributed by atoms with E-state index in [1.807, 2.05) is 47.5 Å². The molecule has 30 heavy (non-hydrogen) atoms. The van der Waals surface area contributed by atoms with E-state index in [-0.39, 0.29) is 17.4 Å². The fraction of sp³-hybridized carbons (Fsp3) is 0.217. The molecule has 4 aromatic rings. The number of nitrogens with zero attached hydrogens (tertiary/aromatic N) is 4. The molecule has 1 aromatic carbocycles. The number of H-pyrrole nitrogens is 1. The van der Waals surface area contributed by atoms with E-state index in [9.17, 15) is 4.79 Å². The van der Waals surface area contributed by atoms with Gasteiger partial charge in [-0.05, 0) is 23.8 Å². The van der Waals surface area contributed by atoms with E-state index in [1.165, 1.54) is 0 Å². The summed E-state index contributed by atoms with van der Waals surface area (Å²) in [5.74, 6) is -0.101. The monoisotopic (exact) mass is 399 g/mol. The highest BCUT2D eigenvalue weighted by atomic mass is 16.5. The number of carbonyl (C=O) groups excluding carboxylic acids is 1. The molecule has 0 aliphatic carbocycles. The van der Waals surface area contributed by atoms with E-state index in [2.05, 4.69) is 41.1 Å². The van der Waals surface area contributed by atoms with Crippen LogP contribution < -0.4 is 4.90 Å². The second-order valence-corrected chi connectivity index (χ2v) is 8.41. The summed E-state index contributed by atoms with van der Waals surface area (Å²) in [6, 6.07) is 13.1. The van der Waals surface area contributed by atoms with Crippen molar-refractivity contribution in [2.45, 2.75) is 32.2 Å². The van der Waals surface area contributed by atoms with Gasteiger partial charge in [0, 0.05) is 40.7 Å². The van der Waals surface area contributed by atoms with Crippen molar-refractivity contribution in [1.82, 2.24) is 20.3 Å². The zero-order chi connectivity index (χ0) is 20.9. The average molecular weight is 399 g/mol. The van der Waals surface area contributed by atoms with Crippen molar-refractivity contribution in [1.29, 1.82) is 0 Å². The summed E-state index contributed by atoms with van der Waals surface area (Å²) in [5, 5.41) is 11.5. The fourth-order valence-electron chi connectivity index (χ4n) is 3.99. The Labute approximate surface area is 173 Å². The SMILES string of the molecule is CC(C)(C)c1n[nH]c2c1C(c1cccnc1)N(c1ccc(-c3ccon3)cc1)C2=O. The van der Waals surface area contributed by atoms with E-state index < -0.39 is 0 Å². The molecule has 1 unspecified atom stereocenters. The van der Waals surface area contributed by atoms with Gasteiger partial charge in [0.15, 0.2) is 0 Å². The number of aromatic nitrogens is 4. The van der Waals surface area contributed by atoms with Gasteiger partial charge in [0.05, 0.1) is 11.7 Å². The fourth-order valence-corrected chi connectivity index (χ4v) is 3.99. The summed E-state index contributed by atoms with van der Waals surface area (Å²) >= 11 is 0. The van der Waals surface area contributed by atoms with Crippen molar-refractivity contribution < 1.29 is 9.32 Å². The molecule has 0 bridgehead atoms. The van der Waals surface area contributed by atoms with Crippen molar-refractivity contribution in [3.63, 3.8) is 0 Å². The van der Waals surface area contributed by atoms with Gasteiger partial charge in [-0.2, -0.15) is 5.10 Å². The third kappa shape index (κ3) is 2.82. The van der Waals surface area contributed by atoms with Crippen LogP contribution >= 0.6 is 0 Å². The first kappa shape index (κ1) is 18.3. The lowest BCUT2D eigenvalue weighted by Crippen LogP contribution is -2.30. The Morgan fingerprint density at radius 2 is 1.90 bits per heavy atom. The van der Waals surface area contributed by atoms with Crippen molar-refractivity contribution in [2.24, 2.45) is 0 Å². The molecule has 1 aliphatic rings. The Bertz CT molecular complexity index is 1190. The summed E-state index contributed by atoms with van der Waals surface area (Å²) in [4.78, 5) is 19.5. The lowest BCUT2D eigenvalue weighted by Gasteiger charge is -2.28. The largest absolute Gasteiger partial charge is 0.364 e. The number of hydrogen-bond acceptors (Lipinski definition) is 5. The molecule has 0 radical (unpaired) electrons. The number of aromatic amines is 1. The Balaban J connectivity index is 1.64. The van der Waals surface area contributed by atoms with Crippen LogP contribution in [-0.4, -0.2) is 26.2 Å². The molecule has 0 fully saturated rings. The average Bonchev–Trinajstić information content (AvgIpc) is 3.46. The van der Waals surface area contributed by atoms with Gasteiger partial charge >= 0.3 is 0 Å². The lowest BCUT2D eigenvalue weighted by atomic mass is 9.86. The molecule has 0 spiro atoms. The van der Waals surface area contributed by atoms with Gasteiger partial charge < -0.3 is 4.52 Å². The summed E-state index contributed by atoms with van der Waals surface area (Å²) in [5.41, 5.74) is 5.55. The summed E-state index contributed by atoms with van der Waals surface area (Å²) in [6.07, 6.45) is 5.08. The Morgan fingerprint density at radius 1 is 1.10 bits per heavy atom. The number of hydrogen-bond donors (Lipinski definition) is 1. The number of nitrogens with one attached hydrogen (secondary N) is 1. The maximum absolute atomic E-state index is 13.4. The maximum atomic E-state index is 13.4. The number of anilines is 1. The Morgan fingerprint density at radius 3 is 2.53 bits per heavy atom. The van der Waals surface area contributed by atoms with Gasteiger partial charge in [-0.1, -0.05) is 44.1 Å². The van der Waals surface area contributed by atoms with Gasteiger partial charge in [-0.3, -0.25) is 19.8 Å². The minimum atomic E-state index is -0.299. The first-order valence-corrected chi connectivity index (χ1v) is 9.78. The maximum Gasteiger partial charge on any atom is 0.277 e. The van der Waals surface area contributed by atoms with Crippen LogP contribution in [0.3, 0.4) is 0 Å². The normalized spacial score (nSPS) is 16.2. The molecule has 7 nitrogen and oxygen atoms in total. The summed E-state index contributed by atoms with van der Waals surface area (Å²) in [7, 11) is 0. The zero-order valence-electron chi connectivity index (χ0n) is 17.0. The molecule has 1 amide bonds. The smallest absolute Gasteiger partial charge is 0.277 e. The molecule has 7 heteroatoms. The van der Waals surface area contributed by atoms with Gasteiger partial charge in [-0.15, -0.1) is 0 Å². The highest BCUT2D eigenvalue weighted by Gasteiger charge is 2.44. The van der Waals surface area contributed by atoms with E-state index >= 15 is 0 Å². The van der Waals surface area contributed by atoms with Gasteiger partial charge in [-0.25, -0.2) is 0 Å². The lowest BCUT2D eigenvalue weighted by molar-refractivity contribution is 0.0988. The third-order valence-electron chi connectivity index (χ3n) is 5.36. The Hall–Kier alpha value is -3.74. The van der Waals surface area contributed by atoms with Gasteiger partial charge in [0.2, 0.25) is 0 Å². The van der Waals surface area contributed by atoms with Crippen LogP contribution in [0.5, 0.6) is 0 Å². The molecular weight excluding hydrogens is 378 g/mol. The van der Waals surface area contributed by atoms with E-state index in [0.29, 0.717) is 5.69 Å². The van der Waals surface area contributed by atoms with E-state index in [0.717, 1.165) is 33.8 Å². The zero-order valence-corrected chi connectivity index (χ0v) is 17.0. The molecule has 0 saturated heterocycles. The highest BCUT2D eigenvalue weighted by Crippen LogP contribution is 2.44. The minimum absolute atomic E-state index is 0.101. The van der Waals surface area contributed by atoms with Gasteiger partial charge in [0.1, 0.15) is 17.7 Å². The topological polar surface area (TPSA) is 87.9 Å². The van der Waals surface area contributed by atoms with Crippen LogP contribution in [0.2, 0.25) is 0 Å². The summed E-state index contributed by atoms with van der Waals surface area (Å²) in [6.45, 7) is 6.30. The molecule has 1 aliphatic heterocycles. The number of carbonyl (C=O) groups is 1. The number of rotatable bonds is 3. The number of fused-ring (bicyclic) bond motifs is 1. The number of benzene rings is 1. The Kier molecular flexibility index (Phi) is 4.06. The highest BCUT2D eigenvalue weighted by molar-refractivity contribution is 6.10. The first-order valence-electron chi connectivity index (χ1n) is 9.78. The van der Waals surface area contributed by atoms with Crippen LogP contribution in [0.25, 0.3) is 11.3 Å². The molecule has 150 valence electrons. The van der Waals surface area contributed by atoms with Crippen molar-refractivity contribution in [2.75, 3.05) is 4.90 Å². The molecular formula is C23H21N5O2. The first-order chi connectivity index (χ1) is 14.4. The van der Waals surface area contributed by atoms with E-state index in [4.69, 9.17) is 4.52 Å². The van der Waals surface area contributed by atoms with Crippen LogP contribution in [0.15, 0.2) is 65.6 Å². The van der Waals surface area contributed by atoms with Crippen LogP contribution in [0.4, 0.5) is 5.69 Å². The number of pyridine rings is 1. The molecule has 1 atom stereocenters.